The van der Waals surface area contributed by atoms with Crippen molar-refractivity contribution in [3.8, 4) is 22.8 Å². The maximum Gasteiger partial charge on any atom is 0.161 e. The highest BCUT2D eigenvalue weighted by Gasteiger charge is 2.23. The summed E-state index contributed by atoms with van der Waals surface area (Å²) in [5.41, 5.74) is 7.33. The fourth-order valence-electron chi connectivity index (χ4n) is 5.34. The minimum Gasteiger partial charge on any atom is -0.493 e. The highest BCUT2D eigenvalue weighted by Crippen LogP contribution is 2.35. The van der Waals surface area contributed by atoms with Crippen LogP contribution in [0.1, 0.15) is 17.0 Å². The van der Waals surface area contributed by atoms with Crippen molar-refractivity contribution in [2.24, 2.45) is 0 Å². The highest BCUT2D eigenvalue weighted by atomic mass is 28.3. The molecule has 5 heterocycles. The molecule has 0 fully saturated rings. The number of aromatic nitrogens is 6. The molecule has 0 atom stereocenters. The first-order valence-electron chi connectivity index (χ1n) is 14.3. The number of pyridine rings is 2. The lowest BCUT2D eigenvalue weighted by Gasteiger charge is -2.30. The molecule has 6 rings (SSSR count). The first-order chi connectivity index (χ1) is 20.2. The lowest BCUT2D eigenvalue weighted by molar-refractivity contribution is 0.0881. The van der Waals surface area contributed by atoms with Crippen LogP contribution in [-0.2, 0) is 24.4 Å². The van der Waals surface area contributed by atoms with E-state index in [0.717, 1.165) is 82.2 Å². The van der Waals surface area contributed by atoms with E-state index in [2.05, 4.69) is 46.6 Å². The topological polar surface area (TPSA) is 100 Å². The molecular formula is C31H37N7O3Si. The maximum atomic E-state index is 6.00. The number of hydrogen-bond donors (Lipinski definition) is 0. The van der Waals surface area contributed by atoms with Crippen molar-refractivity contribution < 1.29 is 14.2 Å². The number of fused-ring (bicyclic) bond motifs is 3. The second-order valence-corrected chi connectivity index (χ2v) is 17.5. The second kappa shape index (κ2) is 11.3. The van der Waals surface area contributed by atoms with Gasteiger partial charge in [-0.1, -0.05) is 19.6 Å². The van der Waals surface area contributed by atoms with Gasteiger partial charge in [0, 0.05) is 39.5 Å². The van der Waals surface area contributed by atoms with Gasteiger partial charge in [-0.25, -0.2) is 24.9 Å². The summed E-state index contributed by atoms with van der Waals surface area (Å²) < 4.78 is 19.1. The van der Waals surface area contributed by atoms with Gasteiger partial charge in [0.2, 0.25) is 0 Å². The molecule has 5 aromatic rings. The molecule has 218 valence electrons. The van der Waals surface area contributed by atoms with Crippen molar-refractivity contribution in [3.63, 3.8) is 0 Å². The maximum absolute atomic E-state index is 6.00. The van der Waals surface area contributed by atoms with Crippen LogP contribution in [0.3, 0.4) is 0 Å². The Morgan fingerprint density at radius 2 is 1.69 bits per heavy atom. The predicted molar refractivity (Wildman–Crippen MR) is 167 cm³/mol. The van der Waals surface area contributed by atoms with Gasteiger partial charge in [-0.3, -0.25) is 4.57 Å². The fourth-order valence-corrected chi connectivity index (χ4v) is 6.09. The van der Waals surface area contributed by atoms with E-state index in [1.807, 2.05) is 35.9 Å². The van der Waals surface area contributed by atoms with Gasteiger partial charge in [-0.2, -0.15) is 0 Å². The standard InChI is InChI=1S/C31H37N7O3Si/c1-20-35-26-13-22(16-32-30(26)38(20)19-41-11-12-42(4,5)6)24-7-8-25-29(36-24)31(34-18-33-25)37-10-9-21-14-27(39-2)28(40-3)15-23(21)17-37/h7-8,13-16,18H,9-12,17,19H2,1-6H3. The third-order valence-electron chi connectivity index (χ3n) is 7.77. The molecule has 42 heavy (non-hydrogen) atoms. The molecule has 0 N–H and O–H groups in total. The molecule has 0 saturated carbocycles. The largest absolute Gasteiger partial charge is 0.493 e. The Labute approximate surface area is 246 Å². The number of anilines is 1. The van der Waals surface area contributed by atoms with E-state index in [-0.39, 0.29) is 0 Å². The molecule has 0 radical (unpaired) electrons. The van der Waals surface area contributed by atoms with Crippen molar-refractivity contribution >= 4 is 36.1 Å². The first-order valence-corrected chi connectivity index (χ1v) is 18.0. The Balaban J connectivity index is 1.29. The van der Waals surface area contributed by atoms with Crippen LogP contribution in [0.25, 0.3) is 33.5 Å². The van der Waals surface area contributed by atoms with Crippen LogP contribution in [0.15, 0.2) is 42.9 Å². The van der Waals surface area contributed by atoms with E-state index >= 15 is 0 Å². The predicted octanol–water partition coefficient (Wildman–Crippen LogP) is 5.64. The number of methoxy groups -OCH3 is 2. The van der Waals surface area contributed by atoms with E-state index in [4.69, 9.17) is 29.2 Å². The molecule has 1 aromatic carbocycles. The number of nitrogens with zero attached hydrogens (tertiary/aromatic N) is 7. The molecule has 0 amide bonds. The van der Waals surface area contributed by atoms with Gasteiger partial charge in [0.15, 0.2) is 23.0 Å². The molecule has 0 spiro atoms. The third kappa shape index (κ3) is 5.54. The Kier molecular flexibility index (Phi) is 7.54. The van der Waals surface area contributed by atoms with Crippen LogP contribution in [0.4, 0.5) is 5.82 Å². The zero-order chi connectivity index (χ0) is 29.4. The molecular weight excluding hydrogens is 546 g/mol. The van der Waals surface area contributed by atoms with Crippen LogP contribution in [0.5, 0.6) is 11.5 Å². The summed E-state index contributed by atoms with van der Waals surface area (Å²) in [4.78, 5) is 26.0. The minimum absolute atomic E-state index is 0.450. The van der Waals surface area contributed by atoms with E-state index in [9.17, 15) is 0 Å². The van der Waals surface area contributed by atoms with Crippen molar-refractivity contribution in [1.29, 1.82) is 0 Å². The van der Waals surface area contributed by atoms with Crippen LogP contribution in [0, 0.1) is 6.92 Å². The third-order valence-corrected chi connectivity index (χ3v) is 9.47. The zero-order valence-corrected chi connectivity index (χ0v) is 26.1. The number of ether oxygens (including phenoxy) is 3. The van der Waals surface area contributed by atoms with Gasteiger partial charge < -0.3 is 19.1 Å². The lowest BCUT2D eigenvalue weighted by Crippen LogP contribution is -2.31. The lowest BCUT2D eigenvalue weighted by atomic mass is 9.98. The van der Waals surface area contributed by atoms with Crippen LogP contribution < -0.4 is 14.4 Å². The Morgan fingerprint density at radius 1 is 0.905 bits per heavy atom. The summed E-state index contributed by atoms with van der Waals surface area (Å²) in [6, 6.07) is 11.3. The molecule has 4 aromatic heterocycles. The highest BCUT2D eigenvalue weighted by molar-refractivity contribution is 6.76. The normalized spacial score (nSPS) is 13.5. The fraction of sp³-hybridized carbons (Fsp3) is 0.387. The minimum atomic E-state index is -1.14. The van der Waals surface area contributed by atoms with Crippen molar-refractivity contribution in [3.05, 3.63) is 59.8 Å². The molecule has 1 aliphatic heterocycles. The second-order valence-electron chi connectivity index (χ2n) is 11.9. The van der Waals surface area contributed by atoms with Crippen LogP contribution in [0.2, 0.25) is 25.7 Å². The van der Waals surface area contributed by atoms with Gasteiger partial charge in [-0.15, -0.1) is 0 Å². The summed E-state index contributed by atoms with van der Waals surface area (Å²) in [5.74, 6) is 3.17. The Bertz CT molecular complexity index is 1770. The number of aryl methyl sites for hydroxylation is 1. The molecule has 10 nitrogen and oxygen atoms in total. The monoisotopic (exact) mass is 583 g/mol. The first kappa shape index (κ1) is 28.0. The molecule has 0 unspecified atom stereocenters. The molecule has 11 heteroatoms. The van der Waals surface area contributed by atoms with Crippen LogP contribution >= 0.6 is 0 Å². The van der Waals surface area contributed by atoms with Crippen molar-refractivity contribution in [1.82, 2.24) is 29.5 Å². The summed E-state index contributed by atoms with van der Waals surface area (Å²) >= 11 is 0. The van der Waals surface area contributed by atoms with E-state index < -0.39 is 8.07 Å². The van der Waals surface area contributed by atoms with Gasteiger partial charge in [0.05, 0.1) is 25.4 Å². The Morgan fingerprint density at radius 3 is 2.45 bits per heavy atom. The molecule has 1 aliphatic rings. The van der Waals surface area contributed by atoms with Gasteiger partial charge in [0.1, 0.15) is 29.9 Å². The summed E-state index contributed by atoms with van der Waals surface area (Å²) in [6.07, 6.45) is 4.33. The van der Waals surface area contributed by atoms with Gasteiger partial charge >= 0.3 is 0 Å². The van der Waals surface area contributed by atoms with Gasteiger partial charge in [-0.05, 0) is 60.8 Å². The van der Waals surface area contributed by atoms with E-state index in [1.54, 1.807) is 20.5 Å². The number of imidazole rings is 1. The average Bonchev–Trinajstić information content (AvgIpc) is 3.30. The number of hydrogen-bond acceptors (Lipinski definition) is 9. The Hall–Kier alpha value is -4.09. The summed E-state index contributed by atoms with van der Waals surface area (Å²) in [6.45, 7) is 11.8. The number of benzene rings is 1. The zero-order valence-electron chi connectivity index (χ0n) is 25.1. The van der Waals surface area contributed by atoms with E-state index in [0.29, 0.717) is 13.3 Å². The number of rotatable bonds is 9. The van der Waals surface area contributed by atoms with E-state index in [1.165, 1.54) is 11.1 Å². The molecule has 0 saturated heterocycles. The summed E-state index contributed by atoms with van der Waals surface area (Å²) in [7, 11) is 2.19. The van der Waals surface area contributed by atoms with Crippen molar-refractivity contribution in [2.75, 3.05) is 32.3 Å². The van der Waals surface area contributed by atoms with Crippen LogP contribution in [-0.4, -0.2) is 64.9 Å². The smallest absolute Gasteiger partial charge is 0.161 e. The summed E-state index contributed by atoms with van der Waals surface area (Å²) in [5, 5.41) is 0. The van der Waals surface area contributed by atoms with Gasteiger partial charge in [0.25, 0.3) is 0 Å². The SMILES string of the molecule is COc1cc2c(cc1OC)CN(c1ncnc3ccc(-c4cnc5c(c4)nc(C)n5COCC[Si](C)(C)C)nc13)CC2. The molecule has 0 bridgehead atoms. The quantitative estimate of drug-likeness (QED) is 0.161. The van der Waals surface area contributed by atoms with Crippen molar-refractivity contribution in [2.45, 2.75) is 52.3 Å². The molecule has 0 aliphatic carbocycles. The average molecular weight is 584 g/mol.